The highest BCUT2D eigenvalue weighted by molar-refractivity contribution is 6.35. The number of nitrogens with one attached hydrogen (secondary N) is 1. The molecule has 0 heterocycles. The first-order valence-corrected chi connectivity index (χ1v) is 9.93. The van der Waals surface area contributed by atoms with Crippen LogP contribution in [0.1, 0.15) is 23.6 Å². The fourth-order valence-electron chi connectivity index (χ4n) is 2.76. The van der Waals surface area contributed by atoms with E-state index in [9.17, 15) is 0 Å². The Morgan fingerprint density at radius 2 is 1.46 bits per heavy atom. The first-order chi connectivity index (χ1) is 13.5. The number of halogens is 2. The molecule has 1 N–H and O–H groups in total. The first-order valence-electron chi connectivity index (χ1n) is 9.17. The summed E-state index contributed by atoms with van der Waals surface area (Å²) in [5.41, 5.74) is 4.30. The second kappa shape index (κ2) is 9.72. The van der Waals surface area contributed by atoms with Crippen LogP contribution in [0.4, 0.5) is 5.69 Å². The van der Waals surface area contributed by atoms with Crippen LogP contribution in [-0.4, -0.2) is 6.61 Å². The van der Waals surface area contributed by atoms with Gasteiger partial charge < -0.3 is 14.8 Å². The Morgan fingerprint density at radius 3 is 2.14 bits per heavy atom. The number of hydrogen-bond acceptors (Lipinski definition) is 3. The highest BCUT2D eigenvalue weighted by atomic mass is 35.5. The van der Waals surface area contributed by atoms with Crippen molar-refractivity contribution in [1.82, 2.24) is 0 Å². The molecule has 0 spiro atoms. The van der Waals surface area contributed by atoms with E-state index in [1.165, 1.54) is 5.56 Å². The summed E-state index contributed by atoms with van der Waals surface area (Å²) < 4.78 is 11.8. The number of rotatable bonds is 8. The molecule has 3 nitrogen and oxygen atoms in total. The van der Waals surface area contributed by atoms with Gasteiger partial charge in [0.2, 0.25) is 0 Å². The zero-order valence-corrected chi connectivity index (χ0v) is 17.5. The van der Waals surface area contributed by atoms with Crippen LogP contribution >= 0.6 is 23.2 Å². The molecule has 0 aliphatic rings. The summed E-state index contributed by atoms with van der Waals surface area (Å²) in [6, 6.07) is 19.7. The average Bonchev–Trinajstić information content (AvgIpc) is 2.66. The van der Waals surface area contributed by atoms with Crippen molar-refractivity contribution in [1.29, 1.82) is 0 Å². The molecule has 146 valence electrons. The predicted octanol–water partition coefficient (Wildman–Crippen LogP) is 6.89. The van der Waals surface area contributed by atoms with E-state index >= 15 is 0 Å². The summed E-state index contributed by atoms with van der Waals surface area (Å²) in [5.74, 6) is 1.47. The lowest BCUT2D eigenvalue weighted by Gasteiger charge is -2.14. The van der Waals surface area contributed by atoms with Gasteiger partial charge in [0, 0.05) is 22.3 Å². The SMILES string of the molecule is CCOc1cc(CNc2cc(Cl)cc(Cl)c2)ccc1OCc1ccc(C)cc1. The number of hydrogen-bond donors (Lipinski definition) is 1. The van der Waals surface area contributed by atoms with Crippen LogP contribution in [0.2, 0.25) is 10.0 Å². The van der Waals surface area contributed by atoms with Crippen molar-refractivity contribution in [3.05, 3.63) is 87.4 Å². The Balaban J connectivity index is 1.68. The summed E-state index contributed by atoms with van der Waals surface area (Å²) in [7, 11) is 0. The number of ether oxygens (including phenoxy) is 2. The summed E-state index contributed by atoms with van der Waals surface area (Å²) in [6.45, 7) is 5.72. The average molecular weight is 416 g/mol. The predicted molar refractivity (Wildman–Crippen MR) is 117 cm³/mol. The van der Waals surface area contributed by atoms with Gasteiger partial charge in [0.15, 0.2) is 11.5 Å². The standard InChI is InChI=1S/C23H23Cl2NO2/c1-3-27-23-10-18(14-26-21-12-19(24)11-20(25)13-21)8-9-22(23)28-15-17-6-4-16(2)5-7-17/h4-13,26H,3,14-15H2,1-2H3. The number of benzene rings is 3. The van der Waals surface area contributed by atoms with Crippen LogP contribution in [0.5, 0.6) is 11.5 Å². The molecule has 0 aliphatic heterocycles. The van der Waals surface area contributed by atoms with Gasteiger partial charge in [-0.05, 0) is 55.3 Å². The van der Waals surface area contributed by atoms with Crippen molar-refractivity contribution >= 4 is 28.9 Å². The van der Waals surface area contributed by atoms with Crippen molar-refractivity contribution < 1.29 is 9.47 Å². The van der Waals surface area contributed by atoms with Gasteiger partial charge >= 0.3 is 0 Å². The second-order valence-corrected chi connectivity index (χ2v) is 7.37. The summed E-state index contributed by atoms with van der Waals surface area (Å²) in [6.07, 6.45) is 0. The van der Waals surface area contributed by atoms with E-state index in [0.717, 1.165) is 28.3 Å². The molecule has 28 heavy (non-hydrogen) atoms. The van der Waals surface area contributed by atoms with Gasteiger partial charge in [0.1, 0.15) is 6.61 Å². The normalized spacial score (nSPS) is 10.6. The maximum atomic E-state index is 6.05. The minimum absolute atomic E-state index is 0.499. The molecule has 5 heteroatoms. The van der Waals surface area contributed by atoms with Crippen LogP contribution in [0.25, 0.3) is 0 Å². The van der Waals surface area contributed by atoms with Gasteiger partial charge in [0.25, 0.3) is 0 Å². The molecule has 0 aliphatic carbocycles. The monoisotopic (exact) mass is 415 g/mol. The zero-order chi connectivity index (χ0) is 19.9. The molecule has 0 atom stereocenters. The second-order valence-electron chi connectivity index (χ2n) is 6.50. The lowest BCUT2D eigenvalue weighted by Crippen LogP contribution is -2.03. The third kappa shape index (κ3) is 5.82. The maximum Gasteiger partial charge on any atom is 0.161 e. The molecule has 0 amide bonds. The van der Waals surface area contributed by atoms with E-state index in [1.54, 1.807) is 6.07 Å². The number of aryl methyl sites for hydroxylation is 1. The van der Waals surface area contributed by atoms with Crippen molar-refractivity contribution in [2.75, 3.05) is 11.9 Å². The molecule has 0 aromatic heterocycles. The Kier molecular flexibility index (Phi) is 7.07. The van der Waals surface area contributed by atoms with Gasteiger partial charge in [-0.25, -0.2) is 0 Å². The van der Waals surface area contributed by atoms with E-state index in [1.807, 2.05) is 37.3 Å². The fourth-order valence-corrected chi connectivity index (χ4v) is 3.28. The van der Waals surface area contributed by atoms with Gasteiger partial charge in [-0.2, -0.15) is 0 Å². The Morgan fingerprint density at radius 1 is 0.786 bits per heavy atom. The molecule has 0 fully saturated rings. The lowest BCUT2D eigenvalue weighted by atomic mass is 10.1. The van der Waals surface area contributed by atoms with Crippen LogP contribution in [0.3, 0.4) is 0 Å². The minimum atomic E-state index is 0.499. The van der Waals surface area contributed by atoms with E-state index in [2.05, 4.69) is 36.5 Å². The lowest BCUT2D eigenvalue weighted by molar-refractivity contribution is 0.269. The van der Waals surface area contributed by atoms with Gasteiger partial charge in [-0.1, -0.05) is 59.1 Å². The smallest absolute Gasteiger partial charge is 0.161 e. The van der Waals surface area contributed by atoms with Crippen molar-refractivity contribution in [3.8, 4) is 11.5 Å². The molecule has 0 bridgehead atoms. The maximum absolute atomic E-state index is 6.05. The molecule has 0 unspecified atom stereocenters. The molecule has 3 aromatic rings. The highest BCUT2D eigenvalue weighted by Gasteiger charge is 2.08. The van der Waals surface area contributed by atoms with Crippen molar-refractivity contribution in [2.24, 2.45) is 0 Å². The fraction of sp³-hybridized carbons (Fsp3) is 0.217. The zero-order valence-electron chi connectivity index (χ0n) is 16.0. The third-order valence-corrected chi connectivity index (χ3v) is 4.62. The topological polar surface area (TPSA) is 30.5 Å². The summed E-state index contributed by atoms with van der Waals surface area (Å²) >= 11 is 12.1. The van der Waals surface area contributed by atoms with Crippen LogP contribution in [-0.2, 0) is 13.2 Å². The van der Waals surface area contributed by atoms with Gasteiger partial charge in [0.05, 0.1) is 6.61 Å². The molecule has 0 saturated carbocycles. The molecule has 0 saturated heterocycles. The highest BCUT2D eigenvalue weighted by Crippen LogP contribution is 2.30. The molecular formula is C23H23Cl2NO2. The van der Waals surface area contributed by atoms with E-state index < -0.39 is 0 Å². The largest absolute Gasteiger partial charge is 0.490 e. The third-order valence-electron chi connectivity index (χ3n) is 4.18. The molecule has 0 radical (unpaired) electrons. The van der Waals surface area contributed by atoms with Crippen LogP contribution < -0.4 is 14.8 Å². The summed E-state index contributed by atoms with van der Waals surface area (Å²) in [4.78, 5) is 0. The van der Waals surface area contributed by atoms with Crippen molar-refractivity contribution in [3.63, 3.8) is 0 Å². The van der Waals surface area contributed by atoms with Crippen LogP contribution in [0, 0.1) is 6.92 Å². The Bertz CT molecular complexity index is 906. The first kappa shape index (κ1) is 20.4. The van der Waals surface area contributed by atoms with E-state index in [0.29, 0.717) is 29.8 Å². The van der Waals surface area contributed by atoms with Gasteiger partial charge in [-0.15, -0.1) is 0 Å². The molecule has 3 rings (SSSR count). The van der Waals surface area contributed by atoms with Gasteiger partial charge in [-0.3, -0.25) is 0 Å². The van der Waals surface area contributed by atoms with E-state index in [-0.39, 0.29) is 0 Å². The molecule has 3 aromatic carbocycles. The number of anilines is 1. The van der Waals surface area contributed by atoms with Crippen LogP contribution in [0.15, 0.2) is 60.7 Å². The minimum Gasteiger partial charge on any atom is -0.490 e. The quantitative estimate of drug-likeness (QED) is 0.434. The summed E-state index contributed by atoms with van der Waals surface area (Å²) in [5, 5.41) is 4.53. The van der Waals surface area contributed by atoms with Crippen molar-refractivity contribution in [2.45, 2.75) is 27.0 Å². The molecular weight excluding hydrogens is 393 g/mol. The Labute approximate surface area is 176 Å². The van der Waals surface area contributed by atoms with E-state index in [4.69, 9.17) is 32.7 Å². The Hall–Kier alpha value is -2.36.